The largest absolute Gasteiger partial charge is 0.468 e. The molecule has 0 saturated carbocycles. The van der Waals surface area contributed by atoms with Crippen molar-refractivity contribution in [1.82, 2.24) is 15.5 Å². The summed E-state index contributed by atoms with van der Waals surface area (Å²) in [5.74, 6) is -1.42. The highest BCUT2D eigenvalue weighted by Gasteiger charge is 2.40. The van der Waals surface area contributed by atoms with Crippen LogP contribution >= 0.6 is 0 Å². The van der Waals surface area contributed by atoms with Crippen LogP contribution in [0.15, 0.2) is 30.8 Å². The Labute approximate surface area is 240 Å². The quantitative estimate of drug-likeness (QED) is 0.301. The molecule has 0 aliphatic heterocycles. The van der Waals surface area contributed by atoms with Gasteiger partial charge in [-0.15, -0.1) is 0 Å². The molecule has 0 heterocycles. The van der Waals surface area contributed by atoms with Crippen LogP contribution < -0.4 is 10.6 Å². The molecule has 4 atom stereocenters. The third kappa shape index (κ3) is 11.0. The molecule has 0 saturated heterocycles. The molecule has 0 fully saturated rings. The first kappa shape index (κ1) is 34.7. The monoisotopic (exact) mass is 559 g/mol. The minimum atomic E-state index is -1.08. The van der Waals surface area contributed by atoms with Crippen molar-refractivity contribution in [3.8, 4) is 0 Å². The summed E-state index contributed by atoms with van der Waals surface area (Å²) in [6, 6.07) is 4.81. The van der Waals surface area contributed by atoms with E-state index in [0.717, 1.165) is 12.0 Å². The van der Waals surface area contributed by atoms with Crippen LogP contribution in [0.25, 0.3) is 6.08 Å². The fraction of sp³-hybridized carbons (Fsp3) is 0.613. The van der Waals surface area contributed by atoms with E-state index in [1.807, 2.05) is 26.8 Å². The molecule has 1 aromatic carbocycles. The Hall–Kier alpha value is -3.36. The van der Waals surface area contributed by atoms with Crippen LogP contribution in [-0.2, 0) is 23.9 Å². The highest BCUT2D eigenvalue weighted by atomic mass is 16.6. The first-order valence-corrected chi connectivity index (χ1v) is 14.0. The molecule has 0 spiro atoms. The predicted octanol–water partition coefficient (Wildman–Crippen LogP) is 5.25. The number of benzene rings is 1. The summed E-state index contributed by atoms with van der Waals surface area (Å²) < 4.78 is 10.2. The van der Waals surface area contributed by atoms with Gasteiger partial charge in [-0.25, -0.2) is 4.79 Å². The molecule has 0 radical (unpaired) electrons. The Morgan fingerprint density at radius 1 is 1.07 bits per heavy atom. The lowest BCUT2D eigenvalue weighted by Crippen LogP contribution is -2.57. The number of methoxy groups -OCH3 is 1. The lowest BCUT2D eigenvalue weighted by atomic mass is 9.92. The van der Waals surface area contributed by atoms with Crippen LogP contribution in [0.1, 0.15) is 91.8 Å². The van der Waals surface area contributed by atoms with Gasteiger partial charge >= 0.3 is 12.1 Å². The topological polar surface area (TPSA) is 114 Å². The van der Waals surface area contributed by atoms with Crippen molar-refractivity contribution in [2.75, 3.05) is 13.7 Å². The maximum absolute atomic E-state index is 14.5. The average Bonchev–Trinajstić information content (AvgIpc) is 2.89. The Bertz CT molecular complexity index is 1020. The maximum Gasteiger partial charge on any atom is 0.408 e. The zero-order valence-electron chi connectivity index (χ0n) is 25.7. The smallest absolute Gasteiger partial charge is 0.408 e. The molecule has 224 valence electrons. The van der Waals surface area contributed by atoms with Crippen LogP contribution in [-0.4, -0.2) is 60.1 Å². The van der Waals surface area contributed by atoms with Gasteiger partial charge in [0.25, 0.3) is 0 Å². The number of hydrogen-bond donors (Lipinski definition) is 2. The zero-order chi connectivity index (χ0) is 30.6. The van der Waals surface area contributed by atoms with Gasteiger partial charge in [0, 0.05) is 6.04 Å². The van der Waals surface area contributed by atoms with Gasteiger partial charge in [-0.3, -0.25) is 14.4 Å². The van der Waals surface area contributed by atoms with E-state index in [9.17, 15) is 19.2 Å². The van der Waals surface area contributed by atoms with Gasteiger partial charge in [-0.1, -0.05) is 65.0 Å². The first-order chi connectivity index (χ1) is 18.6. The number of esters is 1. The van der Waals surface area contributed by atoms with Gasteiger partial charge in [0.2, 0.25) is 11.8 Å². The summed E-state index contributed by atoms with van der Waals surface area (Å²) >= 11 is 0. The number of carbonyl (C=O) groups excluding carboxylic acids is 4. The lowest BCUT2D eigenvalue weighted by molar-refractivity contribution is -0.147. The Morgan fingerprint density at radius 3 is 2.25 bits per heavy atom. The number of alkyl carbamates (subject to hydrolysis) is 1. The number of carbonyl (C=O) groups is 4. The van der Waals surface area contributed by atoms with Crippen LogP contribution in [0.2, 0.25) is 0 Å². The average molecular weight is 560 g/mol. The molecular weight excluding hydrogens is 510 g/mol. The zero-order valence-corrected chi connectivity index (χ0v) is 25.7. The van der Waals surface area contributed by atoms with E-state index in [-0.39, 0.29) is 18.5 Å². The number of nitrogens with zero attached hydrogens (tertiary/aromatic N) is 1. The van der Waals surface area contributed by atoms with Crippen molar-refractivity contribution >= 4 is 30.0 Å². The van der Waals surface area contributed by atoms with Crippen LogP contribution in [0, 0.1) is 11.8 Å². The number of amides is 3. The van der Waals surface area contributed by atoms with Gasteiger partial charge in [-0.2, -0.15) is 0 Å². The van der Waals surface area contributed by atoms with E-state index >= 15 is 0 Å². The number of ether oxygens (including phenoxy) is 2. The van der Waals surface area contributed by atoms with Crippen molar-refractivity contribution < 1.29 is 28.7 Å². The summed E-state index contributed by atoms with van der Waals surface area (Å²) in [7, 11) is 1.24. The fourth-order valence-electron chi connectivity index (χ4n) is 4.21. The number of hydrogen-bond acceptors (Lipinski definition) is 6. The molecular formula is C31H49N3O6. The molecule has 9 heteroatoms. The highest BCUT2D eigenvalue weighted by Crippen LogP contribution is 2.29. The molecule has 0 aliphatic rings. The van der Waals surface area contributed by atoms with E-state index in [0.29, 0.717) is 24.3 Å². The predicted molar refractivity (Wildman–Crippen MR) is 157 cm³/mol. The fourth-order valence-corrected chi connectivity index (χ4v) is 4.21. The summed E-state index contributed by atoms with van der Waals surface area (Å²) in [5, 5.41) is 5.41. The van der Waals surface area contributed by atoms with Crippen molar-refractivity contribution in [2.24, 2.45) is 11.8 Å². The van der Waals surface area contributed by atoms with Gasteiger partial charge in [0.1, 0.15) is 24.2 Å². The van der Waals surface area contributed by atoms with Gasteiger partial charge in [0.15, 0.2) is 0 Å². The Kier molecular flexibility index (Phi) is 13.9. The first-order valence-electron chi connectivity index (χ1n) is 14.0. The number of nitrogens with one attached hydrogen (secondary N) is 2. The Morgan fingerprint density at radius 2 is 1.73 bits per heavy atom. The third-order valence-electron chi connectivity index (χ3n) is 6.67. The molecule has 0 bridgehead atoms. The molecule has 9 nitrogen and oxygen atoms in total. The van der Waals surface area contributed by atoms with E-state index in [1.165, 1.54) is 7.11 Å². The molecule has 0 aliphatic carbocycles. The van der Waals surface area contributed by atoms with Crippen LogP contribution in [0.4, 0.5) is 4.79 Å². The molecule has 3 amide bonds. The van der Waals surface area contributed by atoms with Crippen molar-refractivity contribution in [3.05, 3.63) is 42.0 Å². The Balaban J connectivity index is 3.71. The van der Waals surface area contributed by atoms with Gasteiger partial charge in [0.05, 0.1) is 7.11 Å². The molecule has 40 heavy (non-hydrogen) atoms. The van der Waals surface area contributed by atoms with Crippen LogP contribution in [0.3, 0.4) is 0 Å². The minimum Gasteiger partial charge on any atom is -0.468 e. The van der Waals surface area contributed by atoms with Crippen molar-refractivity contribution in [3.63, 3.8) is 0 Å². The summed E-state index contributed by atoms with van der Waals surface area (Å²) in [5.41, 5.74) is 0.583. The molecule has 0 aromatic heterocycles. The number of rotatable bonds is 14. The molecule has 1 rings (SSSR count). The highest BCUT2D eigenvalue weighted by molar-refractivity contribution is 5.93. The minimum absolute atomic E-state index is 0.252. The molecule has 4 unspecified atom stereocenters. The van der Waals surface area contributed by atoms with Gasteiger partial charge < -0.3 is 25.0 Å². The normalized spacial score (nSPS) is 14.3. The standard InChI is InChI=1S/C31H49N3O6/c1-11-21(5)26(33-30(38)40-31(7,8)9)29(37)34(22(6)17-16-20(3)4)27(28(36)32-19-25(35)39-10)24-15-13-14-23(12-2)18-24/h12-15,18,20-22,26-27H,2,11,16-17,19H2,1,3-10H3,(H,32,36)(H,33,38). The maximum atomic E-state index is 14.5. The van der Waals surface area contributed by atoms with E-state index in [1.54, 1.807) is 49.9 Å². The lowest BCUT2D eigenvalue weighted by Gasteiger charge is -2.40. The second-order valence-corrected chi connectivity index (χ2v) is 11.6. The van der Waals surface area contributed by atoms with Gasteiger partial charge in [-0.05, 0) is 69.6 Å². The van der Waals surface area contributed by atoms with Crippen molar-refractivity contribution in [1.29, 1.82) is 0 Å². The second-order valence-electron chi connectivity index (χ2n) is 11.6. The SMILES string of the molecule is C=Cc1cccc(C(C(=O)NCC(=O)OC)N(C(=O)C(NC(=O)OC(C)(C)C)C(C)CC)C(C)CCC(C)C)c1. The second kappa shape index (κ2) is 16.0. The van der Waals surface area contributed by atoms with E-state index in [2.05, 4.69) is 31.1 Å². The summed E-state index contributed by atoms with van der Waals surface area (Å²) in [4.78, 5) is 54.5. The summed E-state index contributed by atoms with van der Waals surface area (Å²) in [6.45, 7) is 18.6. The van der Waals surface area contributed by atoms with Crippen LogP contribution in [0.5, 0.6) is 0 Å². The van der Waals surface area contributed by atoms with Crippen molar-refractivity contribution in [2.45, 2.75) is 98.4 Å². The third-order valence-corrected chi connectivity index (χ3v) is 6.67. The summed E-state index contributed by atoms with van der Waals surface area (Å²) in [6.07, 6.45) is 3.01. The molecule has 1 aromatic rings. The molecule has 2 N–H and O–H groups in total. The van der Waals surface area contributed by atoms with E-state index in [4.69, 9.17) is 9.47 Å². The van der Waals surface area contributed by atoms with E-state index < -0.39 is 41.6 Å².